The molecule has 6 heteroatoms. The lowest BCUT2D eigenvalue weighted by Gasteiger charge is -2.07. The van der Waals surface area contributed by atoms with Gasteiger partial charge in [0, 0.05) is 35.3 Å². The molecule has 5 nitrogen and oxygen atoms in total. The van der Waals surface area contributed by atoms with Crippen LogP contribution in [0.1, 0.15) is 29.3 Å². The maximum atomic E-state index is 13.9. The van der Waals surface area contributed by atoms with Crippen molar-refractivity contribution in [2.45, 2.75) is 13.8 Å². The number of nitrogens with one attached hydrogen (secondary N) is 2. The molecule has 0 aliphatic heterocycles. The zero-order valence-electron chi connectivity index (χ0n) is 19.0. The monoisotopic (exact) mass is 439 g/mol. The molecule has 33 heavy (non-hydrogen) atoms. The molecule has 0 bridgehead atoms. The molecule has 0 amide bonds. The smallest absolute Gasteiger partial charge is 0.123 e. The van der Waals surface area contributed by atoms with Crippen LogP contribution in [0.2, 0.25) is 0 Å². The highest BCUT2D eigenvalue weighted by molar-refractivity contribution is 5.88. The van der Waals surface area contributed by atoms with E-state index < -0.39 is 0 Å². The standard InChI is InChI=1S/C27H26FN5/c1-6-9-22(19-10-8-11-21(28)13-19)23-14-26(30-18(23)4)27-24(25(7-2)31-32-27)12-17(3)20-15-29-33(5)16-20/h6-16,30-31H,1,3H2,2,4-5H3/b22-9-,24-12+,25-7+. The van der Waals surface area contributed by atoms with Crippen LogP contribution < -0.4 is 10.6 Å². The number of aromatic nitrogens is 5. The van der Waals surface area contributed by atoms with Gasteiger partial charge in [-0.25, -0.2) is 4.39 Å². The van der Waals surface area contributed by atoms with E-state index >= 15 is 0 Å². The van der Waals surface area contributed by atoms with Gasteiger partial charge in [0.1, 0.15) is 11.5 Å². The molecule has 0 saturated carbocycles. The van der Waals surface area contributed by atoms with Crippen molar-refractivity contribution in [2.75, 3.05) is 0 Å². The molecule has 4 aromatic rings. The highest BCUT2D eigenvalue weighted by atomic mass is 19.1. The van der Waals surface area contributed by atoms with Crippen molar-refractivity contribution < 1.29 is 4.39 Å². The molecule has 0 unspecified atom stereocenters. The molecule has 0 fully saturated rings. The first-order valence-electron chi connectivity index (χ1n) is 10.6. The van der Waals surface area contributed by atoms with Gasteiger partial charge >= 0.3 is 0 Å². The highest BCUT2D eigenvalue weighted by Gasteiger charge is 2.15. The zero-order valence-corrected chi connectivity index (χ0v) is 19.0. The normalized spacial score (nSPS) is 13.0. The van der Waals surface area contributed by atoms with Crippen molar-refractivity contribution in [1.29, 1.82) is 0 Å². The Hall–Kier alpha value is -4.19. The summed E-state index contributed by atoms with van der Waals surface area (Å²) in [6, 6.07) is 8.60. The maximum Gasteiger partial charge on any atom is 0.123 e. The number of hydrogen-bond acceptors (Lipinski definition) is 2. The lowest BCUT2D eigenvalue weighted by molar-refractivity contribution is 0.627. The van der Waals surface area contributed by atoms with E-state index in [1.807, 2.05) is 57.5 Å². The first kappa shape index (κ1) is 22.0. The van der Waals surface area contributed by atoms with E-state index in [9.17, 15) is 4.39 Å². The van der Waals surface area contributed by atoms with Gasteiger partial charge in [0.25, 0.3) is 0 Å². The predicted molar refractivity (Wildman–Crippen MR) is 133 cm³/mol. The quantitative estimate of drug-likeness (QED) is 0.435. The topological polar surface area (TPSA) is 62.3 Å². The van der Waals surface area contributed by atoms with Gasteiger partial charge in [-0.3, -0.25) is 9.78 Å². The number of aryl methyl sites for hydroxylation is 2. The maximum absolute atomic E-state index is 13.9. The number of rotatable bonds is 6. The zero-order chi connectivity index (χ0) is 23.5. The van der Waals surface area contributed by atoms with E-state index in [0.717, 1.165) is 55.5 Å². The third kappa shape index (κ3) is 4.41. The third-order valence-electron chi connectivity index (χ3n) is 5.50. The van der Waals surface area contributed by atoms with Gasteiger partial charge in [-0.15, -0.1) is 0 Å². The van der Waals surface area contributed by atoms with Crippen molar-refractivity contribution in [3.8, 4) is 11.4 Å². The van der Waals surface area contributed by atoms with Crippen molar-refractivity contribution in [1.82, 2.24) is 25.0 Å². The van der Waals surface area contributed by atoms with Gasteiger partial charge in [-0.05, 0) is 54.8 Å². The van der Waals surface area contributed by atoms with Crippen LogP contribution >= 0.6 is 0 Å². The lowest BCUT2D eigenvalue weighted by atomic mass is 9.97. The molecule has 2 N–H and O–H groups in total. The van der Waals surface area contributed by atoms with Crippen LogP contribution in [0.4, 0.5) is 4.39 Å². The summed E-state index contributed by atoms with van der Waals surface area (Å²) in [5, 5.41) is 13.7. The summed E-state index contributed by atoms with van der Waals surface area (Å²) in [4.78, 5) is 3.45. The average Bonchev–Trinajstić information content (AvgIpc) is 3.50. The Bertz CT molecular complexity index is 1490. The van der Waals surface area contributed by atoms with Gasteiger partial charge < -0.3 is 4.98 Å². The first-order chi connectivity index (χ1) is 15.9. The molecule has 3 aromatic heterocycles. The Morgan fingerprint density at radius 1 is 1.21 bits per heavy atom. The second kappa shape index (κ2) is 9.12. The molecule has 3 heterocycles. The minimum absolute atomic E-state index is 0.280. The van der Waals surface area contributed by atoms with E-state index in [-0.39, 0.29) is 5.82 Å². The second-order valence-corrected chi connectivity index (χ2v) is 7.81. The second-order valence-electron chi connectivity index (χ2n) is 7.81. The summed E-state index contributed by atoms with van der Waals surface area (Å²) >= 11 is 0. The van der Waals surface area contributed by atoms with Gasteiger partial charge in [0.05, 0.1) is 17.2 Å². The molecule has 1 aromatic carbocycles. The largest absolute Gasteiger partial charge is 0.357 e. The van der Waals surface area contributed by atoms with Gasteiger partial charge in [0.2, 0.25) is 0 Å². The molecular weight excluding hydrogens is 413 g/mol. The van der Waals surface area contributed by atoms with Crippen LogP contribution in [-0.4, -0.2) is 25.0 Å². The van der Waals surface area contributed by atoms with Crippen LogP contribution in [0, 0.1) is 12.7 Å². The van der Waals surface area contributed by atoms with Crippen LogP contribution in [0.3, 0.4) is 0 Å². The number of H-pyrrole nitrogens is 2. The minimum atomic E-state index is -0.280. The predicted octanol–water partition coefficient (Wildman–Crippen LogP) is 4.50. The number of hydrogen-bond donors (Lipinski definition) is 2. The summed E-state index contributed by atoms with van der Waals surface area (Å²) in [5.41, 5.74) is 6.98. The van der Waals surface area contributed by atoms with Crippen LogP contribution in [0.25, 0.3) is 34.7 Å². The number of halogens is 1. The van der Waals surface area contributed by atoms with E-state index in [1.165, 1.54) is 12.1 Å². The fourth-order valence-corrected chi connectivity index (χ4v) is 3.86. The molecule has 0 radical (unpaired) electrons. The summed E-state index contributed by atoms with van der Waals surface area (Å²) < 4.78 is 15.7. The summed E-state index contributed by atoms with van der Waals surface area (Å²) in [6.45, 7) is 12.0. The molecule has 166 valence electrons. The Kier molecular flexibility index (Phi) is 6.09. The van der Waals surface area contributed by atoms with E-state index in [2.05, 4.69) is 33.4 Å². The van der Waals surface area contributed by atoms with Gasteiger partial charge in [0.15, 0.2) is 0 Å². The van der Waals surface area contributed by atoms with Crippen molar-refractivity contribution in [3.05, 3.63) is 107 Å². The van der Waals surface area contributed by atoms with E-state index in [4.69, 9.17) is 0 Å². The van der Waals surface area contributed by atoms with Gasteiger partial charge in [-0.1, -0.05) is 43.5 Å². The summed E-state index contributed by atoms with van der Waals surface area (Å²) in [7, 11) is 1.88. The molecule has 4 rings (SSSR count). The van der Waals surface area contributed by atoms with Crippen molar-refractivity contribution in [2.24, 2.45) is 7.05 Å². The third-order valence-corrected chi connectivity index (χ3v) is 5.50. The molecule has 0 atom stereocenters. The Morgan fingerprint density at radius 3 is 2.70 bits per heavy atom. The Labute approximate surface area is 192 Å². The van der Waals surface area contributed by atoms with Crippen LogP contribution in [-0.2, 0) is 7.05 Å². The number of nitrogens with zero attached hydrogens (tertiary/aromatic N) is 3. The molecule has 0 aliphatic carbocycles. The molecule has 0 saturated heterocycles. The number of aromatic amines is 2. The average molecular weight is 440 g/mol. The van der Waals surface area contributed by atoms with Crippen LogP contribution in [0.5, 0.6) is 0 Å². The number of allylic oxidation sites excluding steroid dienone is 3. The van der Waals surface area contributed by atoms with Gasteiger partial charge in [-0.2, -0.15) is 10.2 Å². The Balaban J connectivity index is 1.84. The fourth-order valence-electron chi connectivity index (χ4n) is 3.86. The van der Waals surface area contributed by atoms with Crippen LogP contribution in [0.15, 0.2) is 68.0 Å². The highest BCUT2D eigenvalue weighted by Crippen LogP contribution is 2.30. The molecule has 0 aliphatic rings. The number of benzene rings is 1. The minimum Gasteiger partial charge on any atom is -0.357 e. The van der Waals surface area contributed by atoms with Crippen molar-refractivity contribution >= 4 is 23.3 Å². The van der Waals surface area contributed by atoms with E-state index in [1.54, 1.807) is 23.0 Å². The SMILES string of the molecule is C=C/C=C(/c1cccc(F)c1)c1cc(-c2n[nH]c(=C/C)/c2=C\C(=C)c2cnn(C)c2)[nH]c1C. The fraction of sp³-hybridized carbons (Fsp3) is 0.111. The summed E-state index contributed by atoms with van der Waals surface area (Å²) in [6.07, 6.45) is 11.3. The Morgan fingerprint density at radius 2 is 2.03 bits per heavy atom. The molecular formula is C27H26FN5. The summed E-state index contributed by atoms with van der Waals surface area (Å²) in [5.74, 6) is -0.280. The van der Waals surface area contributed by atoms with Crippen molar-refractivity contribution in [3.63, 3.8) is 0 Å². The molecule has 0 spiro atoms. The first-order valence-corrected chi connectivity index (χ1v) is 10.6. The lowest BCUT2D eigenvalue weighted by Crippen LogP contribution is -2.23. The van der Waals surface area contributed by atoms with E-state index in [0.29, 0.717) is 0 Å².